The fourth-order valence-electron chi connectivity index (χ4n) is 2.68. The molecule has 0 aromatic heterocycles. The van der Waals surface area contributed by atoms with E-state index in [1.165, 1.54) is 26.4 Å². The Morgan fingerprint density at radius 2 is 1.17 bits per heavy atom. The Hall–Kier alpha value is -5.19. The lowest BCUT2D eigenvalue weighted by molar-refractivity contribution is -0.388. The van der Waals surface area contributed by atoms with Gasteiger partial charge in [0.25, 0.3) is 17.3 Å². The minimum Gasteiger partial charge on any atom is -0.481 e. The second-order valence-corrected chi connectivity index (χ2v) is 10.6. The highest BCUT2D eigenvalue weighted by atomic mass is 32.2. The van der Waals surface area contributed by atoms with Crippen molar-refractivity contribution in [2.24, 2.45) is 0 Å². The third-order valence-electron chi connectivity index (χ3n) is 4.60. The van der Waals surface area contributed by atoms with Gasteiger partial charge in [0, 0.05) is 19.1 Å². The number of carbonyl (C=O) groups is 5. The lowest BCUT2D eigenvalue weighted by Gasteiger charge is -2.06. The first-order valence-corrected chi connectivity index (χ1v) is 14.2. The number of carbonyl (C=O) groups excluding carboxylic acids is 4. The minimum absolute atomic E-state index is 0.0467. The molecule has 2 aromatic carbocycles. The molecule has 254 valence electrons. The maximum atomic E-state index is 12.0. The van der Waals surface area contributed by atoms with Crippen molar-refractivity contribution < 1.29 is 76.8 Å². The Kier molecular flexibility index (Phi) is 20.1. The van der Waals surface area contributed by atoms with Gasteiger partial charge in [-0.25, -0.2) is 18.0 Å². The summed E-state index contributed by atoms with van der Waals surface area (Å²) in [6.07, 6.45) is 0. The molecule has 20 nitrogen and oxygen atoms in total. The fraction of sp³-hybridized carbons (Fsp3) is 0.292. The normalized spacial score (nSPS) is 9.63. The van der Waals surface area contributed by atoms with Crippen molar-refractivity contribution in [3.05, 3.63) is 67.8 Å². The highest BCUT2D eigenvalue weighted by Gasteiger charge is 2.29. The average Bonchev–Trinajstić information content (AvgIpc) is 3.02. The molecule has 0 saturated heterocycles. The van der Waals surface area contributed by atoms with Crippen LogP contribution in [0.4, 0.5) is 11.4 Å². The lowest BCUT2D eigenvalue weighted by atomic mass is 10.2. The zero-order chi connectivity index (χ0) is 36.2. The monoisotopic (exact) mass is 696 g/mol. The van der Waals surface area contributed by atoms with Gasteiger partial charge < -0.3 is 24.1 Å². The number of ether oxygens (including phenoxy) is 4. The predicted octanol–water partition coefficient (Wildman–Crippen LogP) is 2.08. The number of methoxy groups -OCH3 is 4. The number of sulfone groups is 1. The summed E-state index contributed by atoms with van der Waals surface area (Å²) in [6, 6.07) is 6.63. The predicted molar refractivity (Wildman–Crippen MR) is 154 cm³/mol. The van der Waals surface area contributed by atoms with Gasteiger partial charge in [-0.2, -0.15) is 0 Å². The third-order valence-corrected chi connectivity index (χ3v) is 7.26. The summed E-state index contributed by atoms with van der Waals surface area (Å²) in [5, 5.41) is 41.3. The Bertz CT molecular complexity index is 1520. The van der Waals surface area contributed by atoms with Crippen LogP contribution in [0.15, 0.2) is 46.2 Å². The van der Waals surface area contributed by atoms with E-state index in [1.54, 1.807) is 0 Å². The number of benzene rings is 2. The molecule has 22 heteroatoms. The first-order chi connectivity index (χ1) is 21.4. The van der Waals surface area contributed by atoms with Crippen LogP contribution in [0.1, 0.15) is 27.6 Å². The van der Waals surface area contributed by atoms with Crippen LogP contribution in [-0.4, -0.2) is 104 Å². The van der Waals surface area contributed by atoms with Crippen molar-refractivity contribution in [2.75, 3.05) is 39.9 Å². The van der Waals surface area contributed by atoms with Gasteiger partial charge in [-0.05, 0) is 24.3 Å². The zero-order valence-corrected chi connectivity index (χ0v) is 26.2. The molecule has 2 aromatic rings. The van der Waals surface area contributed by atoms with Crippen molar-refractivity contribution in [3.8, 4) is 0 Å². The second kappa shape index (κ2) is 21.5. The van der Waals surface area contributed by atoms with Crippen LogP contribution in [-0.2, 0) is 43.2 Å². The first kappa shape index (κ1) is 42.9. The SMILES string of the molecule is CC(=O)O.COC(=O)CS(=O)(=O)c1ccc(C(=O)OC)cc1[N+](=O)[O-].COC(=O)CSc1ccc(C(=O)OC)cc1[N+](=O)[O-].OO. The van der Waals surface area contributed by atoms with E-state index in [9.17, 15) is 47.8 Å². The molecule has 0 spiro atoms. The number of thioether (sulfide) groups is 1. The van der Waals surface area contributed by atoms with Crippen LogP contribution in [0.3, 0.4) is 0 Å². The van der Waals surface area contributed by atoms with Gasteiger partial charge in [0.05, 0.1) is 60.1 Å². The molecule has 0 heterocycles. The number of rotatable bonds is 10. The molecule has 0 aliphatic rings. The van der Waals surface area contributed by atoms with Gasteiger partial charge in [0.1, 0.15) is 4.90 Å². The van der Waals surface area contributed by atoms with Crippen LogP contribution < -0.4 is 0 Å². The summed E-state index contributed by atoms with van der Waals surface area (Å²) >= 11 is 0.968. The topological polar surface area (TPSA) is 303 Å². The Morgan fingerprint density at radius 3 is 1.57 bits per heavy atom. The zero-order valence-electron chi connectivity index (χ0n) is 24.6. The number of nitro groups is 2. The molecule has 0 bridgehead atoms. The highest BCUT2D eigenvalue weighted by Crippen LogP contribution is 2.30. The smallest absolute Gasteiger partial charge is 0.338 e. The van der Waals surface area contributed by atoms with E-state index in [4.69, 9.17) is 20.4 Å². The summed E-state index contributed by atoms with van der Waals surface area (Å²) in [7, 11) is 0.230. The van der Waals surface area contributed by atoms with Crippen molar-refractivity contribution in [3.63, 3.8) is 0 Å². The molecule has 0 aliphatic heterocycles. The molecule has 0 unspecified atom stereocenters. The molecule has 46 heavy (non-hydrogen) atoms. The highest BCUT2D eigenvalue weighted by molar-refractivity contribution is 8.00. The molecule has 2 rings (SSSR count). The van der Waals surface area contributed by atoms with Crippen molar-refractivity contribution in [2.45, 2.75) is 16.7 Å². The Morgan fingerprint density at radius 1 is 0.761 bits per heavy atom. The number of hydrogen-bond donors (Lipinski definition) is 3. The standard InChI is InChI=1S/C11H11NO8S.C11H11NO6S.C2H4O2.H2O2/c1-19-10(13)6-21(17,18)9-4-3-7(11(14)20-2)5-8(9)12(15)16;1-17-10(13)6-19-9-4-3-7(11(14)18-2)5-8(9)12(15)16;1-2(3)4;1-2/h3-5H,6H2,1-2H3;3-5H,6H2,1-2H3;1H3,(H,3,4);1-2H. The van der Waals surface area contributed by atoms with Crippen molar-refractivity contribution in [1.82, 2.24) is 0 Å². The number of nitrogens with zero attached hydrogens (tertiary/aromatic N) is 2. The average molecular weight is 697 g/mol. The third kappa shape index (κ3) is 15.0. The Balaban J connectivity index is 0. The quantitative estimate of drug-likeness (QED) is 0.0799. The van der Waals surface area contributed by atoms with Crippen molar-refractivity contribution >= 4 is 62.8 Å². The molecule has 3 N–H and O–H groups in total. The second-order valence-electron chi connectivity index (χ2n) is 7.58. The van der Waals surface area contributed by atoms with E-state index in [0.717, 1.165) is 57.2 Å². The number of nitro benzene ring substituents is 2. The van der Waals surface area contributed by atoms with Gasteiger partial charge in [0.2, 0.25) is 0 Å². The molecule has 0 saturated carbocycles. The van der Waals surface area contributed by atoms with Gasteiger partial charge in [-0.15, -0.1) is 11.8 Å². The fourth-order valence-corrected chi connectivity index (χ4v) is 4.83. The van der Waals surface area contributed by atoms with Crippen LogP contribution in [0.25, 0.3) is 0 Å². The number of hydrogen-bond acceptors (Lipinski definition) is 18. The molecular weight excluding hydrogens is 668 g/mol. The van der Waals surface area contributed by atoms with E-state index < -0.39 is 65.9 Å². The Labute approximate surface area is 264 Å². The lowest BCUT2D eigenvalue weighted by Crippen LogP contribution is -2.18. The summed E-state index contributed by atoms with van der Waals surface area (Å²) in [4.78, 5) is 73.6. The van der Waals surface area contributed by atoms with E-state index in [0.29, 0.717) is 0 Å². The number of carboxylic acid groups (broad SMARTS) is 1. The number of esters is 4. The first-order valence-electron chi connectivity index (χ1n) is 11.6. The van der Waals surface area contributed by atoms with Crippen LogP contribution in [0, 0.1) is 20.2 Å². The maximum Gasteiger partial charge on any atom is 0.338 e. The molecule has 0 atom stereocenters. The van der Waals surface area contributed by atoms with Crippen LogP contribution >= 0.6 is 11.8 Å². The van der Waals surface area contributed by atoms with Crippen LogP contribution in [0.5, 0.6) is 0 Å². The minimum atomic E-state index is -4.26. The van der Waals surface area contributed by atoms with E-state index in [1.807, 2.05) is 0 Å². The van der Waals surface area contributed by atoms with Crippen molar-refractivity contribution in [1.29, 1.82) is 0 Å². The summed E-state index contributed by atoms with van der Waals surface area (Å²) in [5.41, 5.74) is -1.17. The van der Waals surface area contributed by atoms with Gasteiger partial charge in [-0.1, -0.05) is 0 Å². The maximum absolute atomic E-state index is 12.0. The molecule has 0 amide bonds. The largest absolute Gasteiger partial charge is 0.481 e. The summed E-state index contributed by atoms with van der Waals surface area (Å²) in [5.74, 6) is -4.98. The molecular formula is C24H28N2O18S2. The van der Waals surface area contributed by atoms with E-state index in [2.05, 4.69) is 18.9 Å². The number of carboxylic acids is 1. The van der Waals surface area contributed by atoms with Gasteiger partial charge in [0.15, 0.2) is 15.6 Å². The van der Waals surface area contributed by atoms with Gasteiger partial charge in [-0.3, -0.25) is 45.1 Å². The number of aliphatic carboxylic acids is 1. The molecule has 0 fully saturated rings. The van der Waals surface area contributed by atoms with Crippen LogP contribution in [0.2, 0.25) is 0 Å². The van der Waals surface area contributed by atoms with E-state index >= 15 is 0 Å². The summed E-state index contributed by atoms with van der Waals surface area (Å²) < 4.78 is 41.5. The van der Waals surface area contributed by atoms with E-state index in [-0.39, 0.29) is 27.5 Å². The summed E-state index contributed by atoms with van der Waals surface area (Å²) in [6.45, 7) is 1.08. The van der Waals surface area contributed by atoms with Gasteiger partial charge >= 0.3 is 23.9 Å². The molecule has 0 radical (unpaired) electrons. The molecule has 0 aliphatic carbocycles.